The minimum atomic E-state index is 0.336. The molecule has 1 fully saturated rings. The minimum absolute atomic E-state index is 0.336. The second kappa shape index (κ2) is 2.34. The van der Waals surface area contributed by atoms with Crippen LogP contribution in [-0.2, 0) is 11.1 Å². The first-order valence-electron chi connectivity index (χ1n) is 4.26. The molecular formula is C9H9BNO. The fraction of sp³-hybridized carbons (Fsp3) is 0.333. The van der Waals surface area contributed by atoms with E-state index in [0.717, 1.165) is 6.42 Å². The average Bonchev–Trinajstić information content (AvgIpc) is 2.62. The lowest BCUT2D eigenvalue weighted by Gasteiger charge is -2.08. The van der Waals surface area contributed by atoms with Gasteiger partial charge in [-0.25, -0.2) is 0 Å². The summed E-state index contributed by atoms with van der Waals surface area (Å²) in [6.45, 7) is 0. The van der Waals surface area contributed by atoms with Crippen LogP contribution in [0.1, 0.15) is 17.2 Å². The van der Waals surface area contributed by atoms with Gasteiger partial charge < -0.3 is 9.88 Å². The van der Waals surface area contributed by atoms with E-state index in [1.165, 1.54) is 11.1 Å². The molecule has 12 heavy (non-hydrogen) atoms. The summed E-state index contributed by atoms with van der Waals surface area (Å²) < 4.78 is 5.42. The van der Waals surface area contributed by atoms with Crippen LogP contribution in [0.15, 0.2) is 24.3 Å². The Kier molecular flexibility index (Phi) is 1.31. The van der Waals surface area contributed by atoms with E-state index in [4.69, 9.17) is 4.65 Å². The van der Waals surface area contributed by atoms with E-state index in [2.05, 4.69) is 29.5 Å². The van der Waals surface area contributed by atoms with Gasteiger partial charge >= 0.3 is 7.62 Å². The summed E-state index contributed by atoms with van der Waals surface area (Å²) in [5.74, 6) is 0. The minimum Gasteiger partial charge on any atom is -0.419 e. The van der Waals surface area contributed by atoms with Crippen molar-refractivity contribution >= 4 is 7.62 Å². The van der Waals surface area contributed by atoms with Crippen LogP contribution in [0.3, 0.4) is 0 Å². The Bertz CT molecular complexity index is 315. The van der Waals surface area contributed by atoms with E-state index in [9.17, 15) is 0 Å². The molecule has 0 saturated carbocycles. The van der Waals surface area contributed by atoms with E-state index in [1.54, 1.807) is 7.62 Å². The van der Waals surface area contributed by atoms with Gasteiger partial charge in [-0.15, -0.1) is 0 Å². The summed E-state index contributed by atoms with van der Waals surface area (Å²) in [5, 5.41) is 3.23. The van der Waals surface area contributed by atoms with Crippen molar-refractivity contribution in [3.05, 3.63) is 35.4 Å². The van der Waals surface area contributed by atoms with Crippen LogP contribution >= 0.6 is 0 Å². The highest BCUT2D eigenvalue weighted by Crippen LogP contribution is 2.34. The zero-order valence-corrected chi connectivity index (χ0v) is 6.66. The molecule has 1 aromatic carbocycles. The third-order valence-corrected chi connectivity index (χ3v) is 2.67. The molecule has 1 aliphatic carbocycles. The van der Waals surface area contributed by atoms with Crippen LogP contribution in [0.25, 0.3) is 0 Å². The fourth-order valence-corrected chi connectivity index (χ4v) is 2.08. The Morgan fingerprint density at radius 2 is 2.33 bits per heavy atom. The Hall–Kier alpha value is -0.795. The second-order valence-electron chi connectivity index (χ2n) is 3.34. The van der Waals surface area contributed by atoms with Gasteiger partial charge in [-0.1, -0.05) is 24.3 Å². The molecule has 1 N–H and O–H groups in total. The van der Waals surface area contributed by atoms with Crippen molar-refractivity contribution in [2.75, 3.05) is 0 Å². The van der Waals surface area contributed by atoms with Crippen molar-refractivity contribution in [3.63, 3.8) is 0 Å². The summed E-state index contributed by atoms with van der Waals surface area (Å²) in [6.07, 6.45) is 1.38. The summed E-state index contributed by atoms with van der Waals surface area (Å²) in [4.78, 5) is 0. The molecule has 3 rings (SSSR count). The standard InChI is InChI=1S/C9H9BNO/c1-2-4-7-6(3-1)5-8-9(7)11-10-12-8/h1-4,8-9,11H,5H2/t8-,9+/m0/s1. The number of benzene rings is 1. The van der Waals surface area contributed by atoms with Crippen LogP contribution in [0.2, 0.25) is 0 Å². The monoisotopic (exact) mass is 158 g/mol. The average molecular weight is 158 g/mol. The topological polar surface area (TPSA) is 21.3 Å². The third kappa shape index (κ3) is 0.779. The second-order valence-corrected chi connectivity index (χ2v) is 3.34. The highest BCUT2D eigenvalue weighted by molar-refractivity contribution is 6.24. The largest absolute Gasteiger partial charge is 0.419 e. The van der Waals surface area contributed by atoms with Gasteiger partial charge in [0.05, 0.1) is 6.10 Å². The summed E-state index contributed by atoms with van der Waals surface area (Å²) in [6, 6.07) is 8.93. The zero-order chi connectivity index (χ0) is 7.97. The summed E-state index contributed by atoms with van der Waals surface area (Å²) >= 11 is 0. The summed E-state index contributed by atoms with van der Waals surface area (Å²) in [7, 11) is 1.71. The van der Waals surface area contributed by atoms with Crippen LogP contribution in [0, 0.1) is 0 Å². The Balaban J connectivity index is 2.09. The van der Waals surface area contributed by atoms with Crippen molar-refractivity contribution in [1.29, 1.82) is 0 Å². The molecule has 2 atom stereocenters. The molecule has 1 saturated heterocycles. The lowest BCUT2D eigenvalue weighted by atomic mass is 10.1. The number of hydrogen-bond acceptors (Lipinski definition) is 2. The first-order valence-corrected chi connectivity index (χ1v) is 4.26. The SMILES string of the molecule is [B]1N[C@@H]2c3ccccc3C[C@@H]2O1. The predicted molar refractivity (Wildman–Crippen MR) is 46.6 cm³/mol. The van der Waals surface area contributed by atoms with Gasteiger partial charge in [0, 0.05) is 6.04 Å². The smallest absolute Gasteiger partial charge is 0.396 e. The molecule has 1 aromatic rings. The highest BCUT2D eigenvalue weighted by Gasteiger charge is 2.36. The highest BCUT2D eigenvalue weighted by atomic mass is 16.5. The predicted octanol–water partition coefficient (Wildman–Crippen LogP) is 0.806. The van der Waals surface area contributed by atoms with Gasteiger partial charge in [-0.3, -0.25) is 0 Å². The maximum atomic E-state index is 5.42. The van der Waals surface area contributed by atoms with Crippen molar-refractivity contribution in [2.24, 2.45) is 0 Å². The molecular weight excluding hydrogens is 149 g/mol. The van der Waals surface area contributed by atoms with Crippen molar-refractivity contribution in [2.45, 2.75) is 18.6 Å². The molecule has 1 radical (unpaired) electrons. The van der Waals surface area contributed by atoms with Crippen LogP contribution in [-0.4, -0.2) is 13.7 Å². The van der Waals surface area contributed by atoms with Crippen LogP contribution in [0.4, 0.5) is 0 Å². The quantitative estimate of drug-likeness (QED) is 0.564. The van der Waals surface area contributed by atoms with Crippen molar-refractivity contribution in [3.8, 4) is 0 Å². The van der Waals surface area contributed by atoms with Gasteiger partial charge in [0.15, 0.2) is 0 Å². The van der Waals surface area contributed by atoms with E-state index in [-0.39, 0.29) is 0 Å². The molecule has 0 spiro atoms. The maximum absolute atomic E-state index is 5.42. The third-order valence-electron chi connectivity index (χ3n) is 2.67. The normalized spacial score (nSPS) is 31.0. The van der Waals surface area contributed by atoms with Gasteiger partial charge in [0.25, 0.3) is 0 Å². The van der Waals surface area contributed by atoms with Crippen LogP contribution in [0.5, 0.6) is 0 Å². The van der Waals surface area contributed by atoms with E-state index < -0.39 is 0 Å². The van der Waals surface area contributed by atoms with Crippen molar-refractivity contribution in [1.82, 2.24) is 5.23 Å². The summed E-state index contributed by atoms with van der Waals surface area (Å²) in [5.41, 5.74) is 2.82. The maximum Gasteiger partial charge on any atom is 0.396 e. The van der Waals surface area contributed by atoms with E-state index in [1.807, 2.05) is 0 Å². The van der Waals surface area contributed by atoms with Gasteiger partial charge in [-0.2, -0.15) is 0 Å². The van der Waals surface area contributed by atoms with Gasteiger partial charge in [0.1, 0.15) is 0 Å². The van der Waals surface area contributed by atoms with E-state index >= 15 is 0 Å². The fourth-order valence-electron chi connectivity index (χ4n) is 2.08. The Morgan fingerprint density at radius 3 is 3.33 bits per heavy atom. The number of fused-ring (bicyclic) bond motifs is 3. The Labute approximate surface area is 72.2 Å². The molecule has 2 nitrogen and oxygen atoms in total. The van der Waals surface area contributed by atoms with Gasteiger partial charge in [0.2, 0.25) is 0 Å². The molecule has 3 heteroatoms. The molecule has 1 heterocycles. The zero-order valence-electron chi connectivity index (χ0n) is 6.66. The molecule has 1 aliphatic heterocycles. The molecule has 2 aliphatic rings. The molecule has 0 bridgehead atoms. The first-order chi connectivity index (χ1) is 5.95. The van der Waals surface area contributed by atoms with E-state index in [0.29, 0.717) is 12.1 Å². The molecule has 0 unspecified atom stereocenters. The Morgan fingerprint density at radius 1 is 1.42 bits per heavy atom. The van der Waals surface area contributed by atoms with Crippen LogP contribution < -0.4 is 5.23 Å². The van der Waals surface area contributed by atoms with Gasteiger partial charge in [-0.05, 0) is 17.5 Å². The molecule has 59 valence electrons. The molecule has 0 amide bonds. The lowest BCUT2D eigenvalue weighted by molar-refractivity contribution is 0.232. The molecule has 0 aromatic heterocycles. The lowest BCUT2D eigenvalue weighted by Crippen LogP contribution is -2.17. The van der Waals surface area contributed by atoms with Crippen molar-refractivity contribution < 1.29 is 4.65 Å². The number of rotatable bonds is 0. The number of nitrogens with one attached hydrogen (secondary N) is 1. The first kappa shape index (κ1) is 6.69. The number of hydrogen-bond donors (Lipinski definition) is 1.